The molecule has 5 nitrogen and oxygen atoms in total. The molecule has 1 rings (SSSR count). The second-order valence-electron chi connectivity index (χ2n) is 2.81. The van der Waals surface area contributed by atoms with Gasteiger partial charge in [-0.25, -0.2) is 4.98 Å². The van der Waals surface area contributed by atoms with Crippen molar-refractivity contribution in [3.63, 3.8) is 0 Å². The average molecular weight is 230 g/mol. The Bertz CT molecular complexity index is 325. The Morgan fingerprint density at radius 2 is 2.47 bits per heavy atom. The van der Waals surface area contributed by atoms with Gasteiger partial charge in [0.25, 0.3) is 5.91 Å². The molecule has 0 bridgehead atoms. The zero-order chi connectivity index (χ0) is 11.3. The molecular weight excluding hydrogens is 218 g/mol. The number of pyridine rings is 1. The Hall–Kier alpha value is -1.17. The van der Waals surface area contributed by atoms with Gasteiger partial charge >= 0.3 is 0 Å². The van der Waals surface area contributed by atoms with E-state index < -0.39 is 6.10 Å². The van der Waals surface area contributed by atoms with Crippen LogP contribution in [0.5, 0.6) is 0 Å². The molecule has 1 atom stereocenters. The SMILES string of the molecule is COC(CN)C(=O)Nc1ccc(Cl)cn1. The van der Waals surface area contributed by atoms with Crippen molar-refractivity contribution >= 4 is 23.3 Å². The highest BCUT2D eigenvalue weighted by Crippen LogP contribution is 2.09. The van der Waals surface area contributed by atoms with E-state index in [2.05, 4.69) is 10.3 Å². The monoisotopic (exact) mass is 229 g/mol. The van der Waals surface area contributed by atoms with Gasteiger partial charge in [0.15, 0.2) is 0 Å². The number of nitrogens with one attached hydrogen (secondary N) is 1. The number of aromatic nitrogens is 1. The van der Waals surface area contributed by atoms with E-state index in [9.17, 15) is 4.79 Å². The van der Waals surface area contributed by atoms with Crippen LogP contribution in [0, 0.1) is 0 Å². The summed E-state index contributed by atoms with van der Waals surface area (Å²) in [6.07, 6.45) is 0.781. The van der Waals surface area contributed by atoms with E-state index >= 15 is 0 Å². The summed E-state index contributed by atoms with van der Waals surface area (Å²) >= 11 is 5.65. The van der Waals surface area contributed by atoms with Crippen molar-refractivity contribution < 1.29 is 9.53 Å². The number of hydrogen-bond acceptors (Lipinski definition) is 4. The number of carbonyl (C=O) groups is 1. The Morgan fingerprint density at radius 1 is 1.73 bits per heavy atom. The standard InChI is InChI=1S/C9H12ClN3O2/c1-15-7(4-11)9(14)13-8-3-2-6(10)5-12-8/h2-3,5,7H,4,11H2,1H3,(H,12,13,14). The first-order valence-electron chi connectivity index (χ1n) is 4.32. The minimum atomic E-state index is -0.664. The number of halogens is 1. The van der Waals surface area contributed by atoms with Gasteiger partial charge in [0.2, 0.25) is 0 Å². The number of hydrogen-bond donors (Lipinski definition) is 2. The number of methoxy groups -OCH3 is 1. The van der Waals surface area contributed by atoms with E-state index in [-0.39, 0.29) is 12.5 Å². The van der Waals surface area contributed by atoms with Gasteiger partial charge in [-0.3, -0.25) is 4.79 Å². The summed E-state index contributed by atoms with van der Waals surface area (Å²) < 4.78 is 4.87. The largest absolute Gasteiger partial charge is 0.370 e. The van der Waals surface area contributed by atoms with Crippen LogP contribution >= 0.6 is 11.6 Å². The maximum atomic E-state index is 11.5. The Labute approximate surface area is 92.6 Å². The van der Waals surface area contributed by atoms with Crippen LogP contribution in [0.15, 0.2) is 18.3 Å². The molecule has 1 aromatic rings. The first-order valence-corrected chi connectivity index (χ1v) is 4.70. The van der Waals surface area contributed by atoms with E-state index in [1.807, 2.05) is 0 Å². The smallest absolute Gasteiger partial charge is 0.255 e. The van der Waals surface area contributed by atoms with Crippen LogP contribution in [0.25, 0.3) is 0 Å². The maximum Gasteiger partial charge on any atom is 0.255 e. The minimum absolute atomic E-state index is 0.121. The summed E-state index contributed by atoms with van der Waals surface area (Å²) in [7, 11) is 1.42. The van der Waals surface area contributed by atoms with Crippen molar-refractivity contribution in [2.24, 2.45) is 5.73 Å². The van der Waals surface area contributed by atoms with Crippen LogP contribution in [0.2, 0.25) is 5.02 Å². The van der Waals surface area contributed by atoms with Gasteiger partial charge in [0.1, 0.15) is 11.9 Å². The van der Waals surface area contributed by atoms with E-state index in [1.54, 1.807) is 12.1 Å². The highest BCUT2D eigenvalue weighted by molar-refractivity contribution is 6.30. The van der Waals surface area contributed by atoms with Crippen molar-refractivity contribution in [2.75, 3.05) is 19.0 Å². The van der Waals surface area contributed by atoms with Crippen LogP contribution < -0.4 is 11.1 Å². The lowest BCUT2D eigenvalue weighted by atomic mass is 10.3. The highest BCUT2D eigenvalue weighted by Gasteiger charge is 2.15. The molecule has 0 fully saturated rings. The molecule has 1 unspecified atom stereocenters. The van der Waals surface area contributed by atoms with Crippen LogP contribution in [0.1, 0.15) is 0 Å². The number of nitrogens with zero attached hydrogens (tertiary/aromatic N) is 1. The fourth-order valence-corrected chi connectivity index (χ4v) is 1.08. The van der Waals surface area contributed by atoms with Crippen molar-refractivity contribution in [3.8, 4) is 0 Å². The molecule has 0 saturated carbocycles. The summed E-state index contributed by atoms with van der Waals surface area (Å²) in [5, 5.41) is 3.07. The molecule has 0 aromatic carbocycles. The summed E-state index contributed by atoms with van der Waals surface area (Å²) in [4.78, 5) is 15.4. The highest BCUT2D eigenvalue weighted by atomic mass is 35.5. The van der Waals surface area contributed by atoms with Crippen LogP contribution in [-0.4, -0.2) is 30.6 Å². The molecule has 0 aliphatic heterocycles. The van der Waals surface area contributed by atoms with Gasteiger partial charge in [-0.05, 0) is 12.1 Å². The van der Waals surface area contributed by atoms with Gasteiger partial charge in [-0.15, -0.1) is 0 Å². The van der Waals surface area contributed by atoms with E-state index in [0.717, 1.165) is 0 Å². The number of carbonyl (C=O) groups excluding carboxylic acids is 1. The van der Waals surface area contributed by atoms with Crippen molar-refractivity contribution in [3.05, 3.63) is 23.4 Å². The van der Waals surface area contributed by atoms with Gasteiger partial charge in [-0.1, -0.05) is 11.6 Å². The van der Waals surface area contributed by atoms with Crippen molar-refractivity contribution in [2.45, 2.75) is 6.10 Å². The number of anilines is 1. The predicted molar refractivity (Wildman–Crippen MR) is 57.7 cm³/mol. The molecular formula is C9H12ClN3O2. The third-order valence-electron chi connectivity index (χ3n) is 1.77. The maximum absolute atomic E-state index is 11.5. The molecule has 6 heteroatoms. The normalized spacial score (nSPS) is 12.2. The lowest BCUT2D eigenvalue weighted by Gasteiger charge is -2.12. The van der Waals surface area contributed by atoms with Crippen LogP contribution in [-0.2, 0) is 9.53 Å². The van der Waals surface area contributed by atoms with Crippen molar-refractivity contribution in [1.82, 2.24) is 4.98 Å². The third kappa shape index (κ3) is 3.47. The van der Waals surface area contributed by atoms with E-state index in [4.69, 9.17) is 22.1 Å². The first kappa shape index (κ1) is 11.9. The molecule has 1 aromatic heterocycles. The molecule has 0 radical (unpaired) electrons. The van der Waals surface area contributed by atoms with Gasteiger partial charge in [0.05, 0.1) is 5.02 Å². The van der Waals surface area contributed by atoms with Gasteiger partial charge < -0.3 is 15.8 Å². The fourth-order valence-electron chi connectivity index (χ4n) is 0.967. The topological polar surface area (TPSA) is 77.2 Å². The number of nitrogens with two attached hydrogens (primary N) is 1. The van der Waals surface area contributed by atoms with Crippen molar-refractivity contribution in [1.29, 1.82) is 0 Å². The van der Waals surface area contributed by atoms with E-state index in [0.29, 0.717) is 10.8 Å². The Kier molecular flexibility index (Phi) is 4.48. The molecule has 82 valence electrons. The predicted octanol–water partition coefficient (Wildman–Crippen LogP) is 0.647. The molecule has 15 heavy (non-hydrogen) atoms. The summed E-state index contributed by atoms with van der Waals surface area (Å²) in [5.41, 5.74) is 5.33. The summed E-state index contributed by atoms with van der Waals surface area (Å²) in [6, 6.07) is 3.23. The average Bonchev–Trinajstić information content (AvgIpc) is 2.23. The number of rotatable bonds is 4. The second kappa shape index (κ2) is 5.65. The van der Waals surface area contributed by atoms with Gasteiger partial charge in [-0.2, -0.15) is 0 Å². The zero-order valence-electron chi connectivity index (χ0n) is 8.24. The van der Waals surface area contributed by atoms with Gasteiger partial charge in [0, 0.05) is 19.9 Å². The summed E-state index contributed by atoms with van der Waals surface area (Å²) in [5.74, 6) is 0.0923. The number of amides is 1. The molecule has 3 N–H and O–H groups in total. The first-order chi connectivity index (χ1) is 7.17. The summed E-state index contributed by atoms with van der Waals surface area (Å²) in [6.45, 7) is 0.121. The molecule has 0 aliphatic rings. The lowest BCUT2D eigenvalue weighted by Crippen LogP contribution is -2.36. The minimum Gasteiger partial charge on any atom is -0.370 e. The van der Waals surface area contributed by atoms with Crippen LogP contribution in [0.4, 0.5) is 5.82 Å². The van der Waals surface area contributed by atoms with E-state index in [1.165, 1.54) is 13.3 Å². The number of ether oxygens (including phenoxy) is 1. The quantitative estimate of drug-likeness (QED) is 0.795. The molecule has 0 saturated heterocycles. The zero-order valence-corrected chi connectivity index (χ0v) is 8.99. The lowest BCUT2D eigenvalue weighted by molar-refractivity contribution is -0.125. The fraction of sp³-hybridized carbons (Fsp3) is 0.333. The Balaban J connectivity index is 2.61. The van der Waals surface area contributed by atoms with Crippen LogP contribution in [0.3, 0.4) is 0 Å². The molecule has 1 heterocycles. The Morgan fingerprint density at radius 3 is 2.93 bits per heavy atom. The third-order valence-corrected chi connectivity index (χ3v) is 1.99. The molecule has 0 spiro atoms. The second-order valence-corrected chi connectivity index (χ2v) is 3.25. The molecule has 0 aliphatic carbocycles. The molecule has 1 amide bonds.